The molecule has 21 heavy (non-hydrogen) atoms. The number of unbranched alkanes of at least 4 members (excludes halogenated alkanes) is 1. The lowest BCUT2D eigenvalue weighted by molar-refractivity contribution is -0.141. The van der Waals surface area contributed by atoms with Crippen molar-refractivity contribution in [3.05, 3.63) is 22.3 Å². The van der Waals surface area contributed by atoms with Gasteiger partial charge in [0.15, 0.2) is 0 Å². The van der Waals surface area contributed by atoms with Gasteiger partial charge in [0.2, 0.25) is 5.88 Å². The fraction of sp³-hybridized carbons (Fsp3) is 0.643. The largest absolute Gasteiger partial charge is 0.474 e. The first-order chi connectivity index (χ1) is 9.90. The van der Waals surface area contributed by atoms with Crippen molar-refractivity contribution in [2.45, 2.75) is 51.0 Å². The molecule has 0 saturated heterocycles. The van der Waals surface area contributed by atoms with Crippen molar-refractivity contribution >= 4 is 15.9 Å². The second-order valence-corrected chi connectivity index (χ2v) is 5.98. The van der Waals surface area contributed by atoms with E-state index < -0.39 is 11.7 Å². The summed E-state index contributed by atoms with van der Waals surface area (Å²) in [6.45, 7) is 2.77. The number of pyridine rings is 1. The Balaban J connectivity index is 1.90. The summed E-state index contributed by atoms with van der Waals surface area (Å²) in [6, 6.07) is 0.982. The molecule has 2 rings (SSSR count). The molecule has 1 aliphatic rings. The third-order valence-electron chi connectivity index (χ3n) is 3.30. The van der Waals surface area contributed by atoms with Crippen molar-refractivity contribution < 1.29 is 22.6 Å². The summed E-state index contributed by atoms with van der Waals surface area (Å²) < 4.78 is 50.0. The molecule has 0 radical (unpaired) electrons. The Hall–Kier alpha value is -0.820. The number of aromatic nitrogens is 1. The van der Waals surface area contributed by atoms with Crippen LogP contribution in [0.1, 0.15) is 38.2 Å². The molecule has 0 spiro atoms. The van der Waals surface area contributed by atoms with Gasteiger partial charge >= 0.3 is 6.18 Å². The van der Waals surface area contributed by atoms with E-state index in [0.717, 1.165) is 18.9 Å². The van der Waals surface area contributed by atoms with Crippen LogP contribution in [0.3, 0.4) is 0 Å². The van der Waals surface area contributed by atoms with Gasteiger partial charge in [-0.1, -0.05) is 13.3 Å². The van der Waals surface area contributed by atoms with Gasteiger partial charge in [-0.25, -0.2) is 4.98 Å². The third-order valence-corrected chi connectivity index (χ3v) is 3.74. The molecule has 1 saturated carbocycles. The summed E-state index contributed by atoms with van der Waals surface area (Å²) in [5.74, 6) is -0.359. The summed E-state index contributed by atoms with van der Waals surface area (Å²) >= 11 is 2.99. The summed E-state index contributed by atoms with van der Waals surface area (Å²) in [5.41, 5.74) is -0.854. The van der Waals surface area contributed by atoms with Crippen molar-refractivity contribution in [1.29, 1.82) is 0 Å². The molecule has 3 nitrogen and oxygen atoms in total. The second kappa shape index (κ2) is 6.96. The maximum absolute atomic E-state index is 12.9. The Morgan fingerprint density at radius 1 is 1.33 bits per heavy atom. The SMILES string of the molecule is CCCCOC1CC(Oc2ncc(Br)cc2C(F)(F)F)C1. The second-order valence-electron chi connectivity index (χ2n) is 5.06. The van der Waals surface area contributed by atoms with Crippen LogP contribution in [0.15, 0.2) is 16.7 Å². The summed E-state index contributed by atoms with van der Waals surface area (Å²) in [7, 11) is 0. The smallest absolute Gasteiger partial charge is 0.421 e. The molecule has 0 bridgehead atoms. The van der Waals surface area contributed by atoms with Crippen molar-refractivity contribution in [1.82, 2.24) is 4.98 Å². The summed E-state index contributed by atoms with van der Waals surface area (Å²) in [5, 5.41) is 0. The van der Waals surface area contributed by atoms with Gasteiger partial charge in [0.25, 0.3) is 0 Å². The first kappa shape index (κ1) is 16.5. The van der Waals surface area contributed by atoms with Crippen molar-refractivity contribution in [2.24, 2.45) is 0 Å². The fourth-order valence-corrected chi connectivity index (χ4v) is 2.36. The molecule has 0 unspecified atom stereocenters. The van der Waals surface area contributed by atoms with E-state index >= 15 is 0 Å². The predicted octanol–water partition coefficient (Wildman–Crippen LogP) is 4.59. The Labute approximate surface area is 130 Å². The van der Waals surface area contributed by atoms with Crippen LogP contribution in [0.4, 0.5) is 13.2 Å². The minimum atomic E-state index is -4.48. The van der Waals surface area contributed by atoms with Crippen LogP contribution < -0.4 is 4.74 Å². The van der Waals surface area contributed by atoms with Crippen molar-refractivity contribution in [3.63, 3.8) is 0 Å². The van der Waals surface area contributed by atoms with Crippen LogP contribution in [0.25, 0.3) is 0 Å². The summed E-state index contributed by atoms with van der Waals surface area (Å²) in [6.07, 6.45) is -0.0698. The van der Waals surface area contributed by atoms with E-state index in [0.29, 0.717) is 19.4 Å². The van der Waals surface area contributed by atoms with Gasteiger partial charge in [0, 0.05) is 30.1 Å². The summed E-state index contributed by atoms with van der Waals surface area (Å²) in [4.78, 5) is 3.74. The fourth-order valence-electron chi connectivity index (χ4n) is 2.03. The Morgan fingerprint density at radius 2 is 2.05 bits per heavy atom. The Bertz CT molecular complexity index is 476. The lowest BCUT2D eigenvalue weighted by atomic mass is 9.92. The van der Waals surface area contributed by atoms with Gasteiger partial charge in [-0.2, -0.15) is 13.2 Å². The zero-order valence-electron chi connectivity index (χ0n) is 11.6. The molecule has 1 aromatic heterocycles. The molecule has 0 N–H and O–H groups in total. The maximum Gasteiger partial charge on any atom is 0.421 e. The third kappa shape index (κ3) is 4.57. The molecular formula is C14H17BrF3NO2. The molecule has 0 aliphatic heterocycles. The number of rotatable bonds is 6. The molecule has 1 aromatic rings. The molecule has 1 aliphatic carbocycles. The standard InChI is InChI=1S/C14H17BrF3NO2/c1-2-3-4-20-10-6-11(7-10)21-13-12(14(16,17)18)5-9(15)8-19-13/h5,8,10-11H,2-4,6-7H2,1H3. The van der Waals surface area contributed by atoms with Crippen LogP contribution in [0.5, 0.6) is 5.88 Å². The van der Waals surface area contributed by atoms with Gasteiger partial charge in [-0.15, -0.1) is 0 Å². The normalized spacial score (nSPS) is 22.0. The van der Waals surface area contributed by atoms with E-state index in [2.05, 4.69) is 27.8 Å². The molecule has 118 valence electrons. The van der Waals surface area contributed by atoms with Gasteiger partial charge in [0.05, 0.1) is 6.10 Å². The van der Waals surface area contributed by atoms with Crippen LogP contribution in [0.2, 0.25) is 0 Å². The van der Waals surface area contributed by atoms with E-state index in [1.807, 2.05) is 0 Å². The van der Waals surface area contributed by atoms with Gasteiger partial charge < -0.3 is 9.47 Å². The monoisotopic (exact) mass is 367 g/mol. The van der Waals surface area contributed by atoms with E-state index in [1.54, 1.807) is 0 Å². The Morgan fingerprint density at radius 3 is 2.67 bits per heavy atom. The highest BCUT2D eigenvalue weighted by Gasteiger charge is 2.38. The highest BCUT2D eigenvalue weighted by molar-refractivity contribution is 9.10. The topological polar surface area (TPSA) is 31.4 Å². The van der Waals surface area contributed by atoms with Crippen molar-refractivity contribution in [3.8, 4) is 5.88 Å². The lowest BCUT2D eigenvalue weighted by Gasteiger charge is -2.35. The van der Waals surface area contributed by atoms with Crippen LogP contribution >= 0.6 is 15.9 Å². The van der Waals surface area contributed by atoms with E-state index in [9.17, 15) is 13.2 Å². The highest BCUT2D eigenvalue weighted by Crippen LogP contribution is 2.38. The predicted molar refractivity (Wildman–Crippen MR) is 75.2 cm³/mol. The number of nitrogens with zero attached hydrogens (tertiary/aromatic N) is 1. The molecule has 7 heteroatoms. The van der Waals surface area contributed by atoms with E-state index in [1.165, 1.54) is 6.20 Å². The first-order valence-corrected chi connectivity index (χ1v) is 7.70. The number of alkyl halides is 3. The van der Waals surface area contributed by atoms with Crippen LogP contribution in [-0.2, 0) is 10.9 Å². The minimum Gasteiger partial charge on any atom is -0.474 e. The first-order valence-electron chi connectivity index (χ1n) is 6.91. The quantitative estimate of drug-likeness (QED) is 0.689. The zero-order chi connectivity index (χ0) is 15.5. The molecule has 0 aromatic carbocycles. The molecule has 0 amide bonds. The van der Waals surface area contributed by atoms with Crippen LogP contribution in [-0.4, -0.2) is 23.8 Å². The van der Waals surface area contributed by atoms with Crippen LogP contribution in [0, 0.1) is 0 Å². The number of hydrogen-bond donors (Lipinski definition) is 0. The minimum absolute atomic E-state index is 0.0892. The van der Waals surface area contributed by atoms with E-state index in [-0.39, 0.29) is 22.6 Å². The molecular weight excluding hydrogens is 351 g/mol. The highest BCUT2D eigenvalue weighted by atomic mass is 79.9. The zero-order valence-corrected chi connectivity index (χ0v) is 13.2. The molecule has 1 fully saturated rings. The van der Waals surface area contributed by atoms with Gasteiger partial charge in [0.1, 0.15) is 11.7 Å². The van der Waals surface area contributed by atoms with E-state index in [4.69, 9.17) is 9.47 Å². The lowest BCUT2D eigenvalue weighted by Crippen LogP contribution is -2.40. The Kier molecular flexibility index (Phi) is 5.48. The van der Waals surface area contributed by atoms with Gasteiger partial charge in [-0.3, -0.25) is 0 Å². The number of ether oxygens (including phenoxy) is 2. The molecule has 1 heterocycles. The van der Waals surface area contributed by atoms with Crippen molar-refractivity contribution in [2.75, 3.05) is 6.61 Å². The average molecular weight is 368 g/mol. The molecule has 0 atom stereocenters. The number of halogens is 4. The maximum atomic E-state index is 12.9. The average Bonchev–Trinajstić information content (AvgIpc) is 2.36. The number of hydrogen-bond acceptors (Lipinski definition) is 3. The van der Waals surface area contributed by atoms with Gasteiger partial charge in [-0.05, 0) is 28.4 Å².